The number of aromatic amines is 2. The number of piperidine rings is 3. The zero-order chi connectivity index (χ0) is 39.2. The number of carbonyl (C=O) groups is 3. The van der Waals surface area contributed by atoms with Crippen molar-refractivity contribution in [2.24, 2.45) is 23.7 Å². The zero-order valence-corrected chi connectivity index (χ0v) is 33.9. The number of ether oxygens (including phenoxy) is 3. The zero-order valence-electron chi connectivity index (χ0n) is 33.9. The molecule has 10 heteroatoms. The van der Waals surface area contributed by atoms with E-state index in [4.69, 9.17) is 14.2 Å². The summed E-state index contributed by atoms with van der Waals surface area (Å²) < 4.78 is 17.7. The number of ketones is 1. The molecule has 0 amide bonds. The summed E-state index contributed by atoms with van der Waals surface area (Å²) in [7, 11) is 6.91. The minimum Gasteiger partial charge on any atom is -0.496 e. The second-order valence-electron chi connectivity index (χ2n) is 17.4. The van der Waals surface area contributed by atoms with E-state index in [0.717, 1.165) is 77.0 Å². The first-order chi connectivity index (χ1) is 27.1. The van der Waals surface area contributed by atoms with Gasteiger partial charge in [0, 0.05) is 76.8 Å². The number of hydrogen-bond acceptors (Lipinski definition) is 8. The summed E-state index contributed by atoms with van der Waals surface area (Å²) in [5, 5.41) is 2.26. The number of rotatable bonds is 7. The Bertz CT molecular complexity index is 2270. The van der Waals surface area contributed by atoms with Gasteiger partial charge in [-0.1, -0.05) is 43.2 Å². The number of likely N-dealkylation sites (N-methyl/N-ethyl adjacent to an activating group) is 1. The number of nitrogens with one attached hydrogen (secondary N) is 2. The number of hydrogen-bond donors (Lipinski definition) is 2. The Morgan fingerprint density at radius 1 is 1.00 bits per heavy atom. The van der Waals surface area contributed by atoms with Gasteiger partial charge in [-0.3, -0.25) is 24.2 Å². The van der Waals surface area contributed by atoms with Gasteiger partial charge in [0.15, 0.2) is 0 Å². The molecule has 1 saturated carbocycles. The molecule has 6 heterocycles. The SMILES string of the molecule is CC=C1CN(C)C2Cc3c([nH]c4ccccc34)C(c3c(OC)ccc4c5c([nH]c34)C3(C(=O)OC)CC4CC(CC)C3N(CC5)C4CC(C)=O)CC1C2C(=O)OC. The maximum atomic E-state index is 14.7. The maximum Gasteiger partial charge on any atom is 0.319 e. The fourth-order valence-corrected chi connectivity index (χ4v) is 12.8. The van der Waals surface area contributed by atoms with E-state index in [1.165, 1.54) is 30.7 Å². The number of methoxy groups -OCH3 is 3. The average molecular weight is 761 g/mol. The summed E-state index contributed by atoms with van der Waals surface area (Å²) in [6.45, 7) is 7.57. The number of aromatic nitrogens is 2. The molecule has 10 unspecified atom stereocenters. The molecule has 0 radical (unpaired) electrons. The number of fused-ring (bicyclic) bond motifs is 9. The summed E-state index contributed by atoms with van der Waals surface area (Å²) in [4.78, 5) is 54.1. The summed E-state index contributed by atoms with van der Waals surface area (Å²) in [6, 6.07) is 12.8. The molecule has 4 fully saturated rings. The molecule has 10 rings (SSSR count). The van der Waals surface area contributed by atoms with Crippen molar-refractivity contribution in [2.45, 2.75) is 95.2 Å². The number of para-hydroxylation sites is 1. The lowest BCUT2D eigenvalue weighted by Crippen LogP contribution is -2.70. The highest BCUT2D eigenvalue weighted by atomic mass is 16.5. The molecule has 2 aromatic carbocycles. The van der Waals surface area contributed by atoms with Crippen LogP contribution in [0.25, 0.3) is 21.8 Å². The van der Waals surface area contributed by atoms with E-state index in [1.54, 1.807) is 14.0 Å². The Hall–Kier alpha value is -4.41. The van der Waals surface area contributed by atoms with E-state index in [9.17, 15) is 14.4 Å². The normalized spacial score (nSPS) is 33.0. The van der Waals surface area contributed by atoms with Crippen molar-refractivity contribution in [3.63, 3.8) is 0 Å². The molecule has 2 N–H and O–H groups in total. The van der Waals surface area contributed by atoms with Crippen LogP contribution in [-0.4, -0.2) is 97.1 Å². The van der Waals surface area contributed by atoms with Gasteiger partial charge in [0.05, 0.1) is 32.8 Å². The molecule has 296 valence electrons. The summed E-state index contributed by atoms with van der Waals surface area (Å²) in [6.07, 6.45) is 7.45. The number of nitrogens with zero attached hydrogens (tertiary/aromatic N) is 2. The van der Waals surface area contributed by atoms with Gasteiger partial charge in [0.25, 0.3) is 0 Å². The summed E-state index contributed by atoms with van der Waals surface area (Å²) in [5.74, 6) is 0.531. The minimum absolute atomic E-state index is 0.0304. The Morgan fingerprint density at radius 3 is 2.52 bits per heavy atom. The summed E-state index contributed by atoms with van der Waals surface area (Å²) >= 11 is 0. The Labute approximate surface area is 329 Å². The quantitative estimate of drug-likeness (QED) is 0.156. The van der Waals surface area contributed by atoms with Crippen molar-refractivity contribution >= 4 is 39.5 Å². The predicted molar refractivity (Wildman–Crippen MR) is 216 cm³/mol. The van der Waals surface area contributed by atoms with Gasteiger partial charge in [-0.15, -0.1) is 0 Å². The van der Waals surface area contributed by atoms with Gasteiger partial charge in [-0.2, -0.15) is 0 Å². The molecule has 2 aromatic heterocycles. The lowest BCUT2D eigenvalue weighted by Gasteiger charge is -2.61. The fourth-order valence-electron chi connectivity index (χ4n) is 12.8. The first-order valence-electron chi connectivity index (χ1n) is 20.7. The number of Topliss-reactive ketones (excluding diaryl/α,β-unsaturated/α-hetero) is 1. The highest BCUT2D eigenvalue weighted by molar-refractivity contribution is 5.95. The molecule has 4 aromatic rings. The summed E-state index contributed by atoms with van der Waals surface area (Å²) in [5.41, 5.74) is 7.94. The van der Waals surface area contributed by atoms with Crippen LogP contribution in [0.15, 0.2) is 48.0 Å². The van der Waals surface area contributed by atoms with Gasteiger partial charge in [-0.05, 0) is 100 Å². The molecular formula is C46H56N4O6. The van der Waals surface area contributed by atoms with E-state index in [2.05, 4.69) is 83.1 Å². The number of esters is 2. The van der Waals surface area contributed by atoms with Crippen LogP contribution in [0.3, 0.4) is 0 Å². The topological polar surface area (TPSA) is 117 Å². The largest absolute Gasteiger partial charge is 0.496 e. The molecule has 4 aliphatic heterocycles. The van der Waals surface area contributed by atoms with Gasteiger partial charge in [0.1, 0.15) is 16.9 Å². The molecule has 0 spiro atoms. The van der Waals surface area contributed by atoms with E-state index in [0.29, 0.717) is 31.6 Å². The number of carbonyl (C=O) groups excluding carboxylic acids is 3. The van der Waals surface area contributed by atoms with Crippen molar-refractivity contribution in [3.05, 3.63) is 76.1 Å². The van der Waals surface area contributed by atoms with Crippen molar-refractivity contribution in [1.29, 1.82) is 0 Å². The molecule has 6 bridgehead atoms. The van der Waals surface area contributed by atoms with Crippen LogP contribution in [0, 0.1) is 23.7 Å². The van der Waals surface area contributed by atoms with Gasteiger partial charge >= 0.3 is 11.9 Å². The number of H-pyrrole nitrogens is 2. The van der Waals surface area contributed by atoms with Gasteiger partial charge in [-0.25, -0.2) is 0 Å². The molecule has 2 aliphatic carbocycles. The van der Waals surface area contributed by atoms with E-state index >= 15 is 0 Å². The van der Waals surface area contributed by atoms with Gasteiger partial charge < -0.3 is 24.2 Å². The molecule has 6 aliphatic rings. The third-order valence-corrected chi connectivity index (χ3v) is 15.0. The number of benzene rings is 2. The molecule has 10 atom stereocenters. The first-order valence-corrected chi connectivity index (χ1v) is 20.7. The van der Waals surface area contributed by atoms with Crippen LogP contribution < -0.4 is 4.74 Å². The van der Waals surface area contributed by atoms with Crippen molar-refractivity contribution in [1.82, 2.24) is 19.8 Å². The van der Waals surface area contributed by atoms with Crippen LogP contribution in [-0.2, 0) is 42.1 Å². The van der Waals surface area contributed by atoms with Crippen LogP contribution in [0.1, 0.15) is 86.9 Å². The van der Waals surface area contributed by atoms with E-state index in [1.807, 2.05) is 0 Å². The average Bonchev–Trinajstić information content (AvgIpc) is 3.73. The molecule has 56 heavy (non-hydrogen) atoms. The van der Waals surface area contributed by atoms with Crippen LogP contribution in [0.5, 0.6) is 5.75 Å². The smallest absolute Gasteiger partial charge is 0.319 e. The fraction of sp³-hybridized carbons (Fsp3) is 0.543. The van der Waals surface area contributed by atoms with Crippen molar-refractivity contribution < 1.29 is 28.6 Å². The lowest BCUT2D eigenvalue weighted by molar-refractivity contribution is -0.169. The van der Waals surface area contributed by atoms with E-state index in [-0.39, 0.29) is 59.5 Å². The predicted octanol–water partition coefficient (Wildman–Crippen LogP) is 6.84. The second kappa shape index (κ2) is 13.9. The van der Waals surface area contributed by atoms with Gasteiger partial charge in [0.2, 0.25) is 0 Å². The third kappa shape index (κ3) is 5.23. The van der Waals surface area contributed by atoms with Crippen molar-refractivity contribution in [2.75, 3.05) is 41.5 Å². The maximum absolute atomic E-state index is 14.7. The minimum atomic E-state index is -0.899. The third-order valence-electron chi connectivity index (χ3n) is 15.0. The first kappa shape index (κ1) is 37.2. The van der Waals surface area contributed by atoms with Crippen molar-refractivity contribution in [3.8, 4) is 5.75 Å². The Kier molecular flexibility index (Phi) is 9.23. The van der Waals surface area contributed by atoms with Crippen LogP contribution in [0.4, 0.5) is 0 Å². The highest BCUT2D eigenvalue weighted by Gasteiger charge is 2.65. The molecular weight excluding hydrogens is 705 g/mol. The standard InChI is InChI=1S/C46H56N4O6/c1-8-25-19-27-22-46(45(53)56-7)42-30(16-17-50(43(25)46)35(27)18-24(3)51)29-14-15-37(54-5)39(41(29)48-42)33-20-31-26(9-2)23-49(4)36(38(31)44(52)55-6)21-32-28-12-10-11-13-34(28)47-40(32)33/h9-15,25,27,31,33,35-36,38,43,47-48H,8,16-23H2,1-7H3. The highest BCUT2D eigenvalue weighted by Crippen LogP contribution is 2.59. The lowest BCUT2D eigenvalue weighted by atomic mass is 9.54. The van der Waals surface area contributed by atoms with E-state index < -0.39 is 5.41 Å². The number of allylic oxidation sites excluding steroid dienone is 1. The second-order valence-corrected chi connectivity index (χ2v) is 17.4. The molecule has 3 saturated heterocycles. The monoisotopic (exact) mass is 760 g/mol. The Balaban J connectivity index is 1.30. The van der Waals surface area contributed by atoms with Crippen LogP contribution >= 0.6 is 0 Å². The number of likely N-dealkylation sites (tertiary alicyclic amines) is 1. The molecule has 10 nitrogen and oxygen atoms in total. The van der Waals surface area contributed by atoms with Crippen LogP contribution in [0.2, 0.25) is 0 Å². The Morgan fingerprint density at radius 2 is 1.80 bits per heavy atom.